The second kappa shape index (κ2) is 12.0. The molecule has 0 bridgehead atoms. The van der Waals surface area contributed by atoms with Crippen molar-refractivity contribution in [3.05, 3.63) is 90.0 Å². The molecule has 1 N–H and O–H groups in total. The van der Waals surface area contributed by atoms with Crippen LogP contribution in [-0.4, -0.2) is 27.1 Å². The maximum Gasteiger partial charge on any atom is 0.273 e. The molecule has 0 radical (unpaired) electrons. The van der Waals surface area contributed by atoms with Crippen LogP contribution in [0.2, 0.25) is 0 Å². The summed E-state index contributed by atoms with van der Waals surface area (Å²) in [5.74, 6) is 0.737. The smallest absolute Gasteiger partial charge is 0.273 e. The Morgan fingerprint density at radius 2 is 1.56 bits per heavy atom. The van der Waals surface area contributed by atoms with Crippen LogP contribution in [0.4, 0.5) is 5.69 Å². The number of methoxy groups -OCH3 is 1. The van der Waals surface area contributed by atoms with Gasteiger partial charge in [-0.2, -0.15) is 5.10 Å². The third kappa shape index (κ3) is 6.87. The van der Waals surface area contributed by atoms with Gasteiger partial charge in [-0.3, -0.25) is 9.10 Å². The van der Waals surface area contributed by atoms with Gasteiger partial charge in [-0.25, -0.2) is 13.8 Å². The first-order chi connectivity index (χ1) is 18.6. The molecule has 39 heavy (non-hydrogen) atoms. The Labute approximate surface area is 231 Å². The van der Waals surface area contributed by atoms with Gasteiger partial charge in [0.2, 0.25) is 0 Å². The number of amides is 1. The number of carbonyl (C=O) groups excluding carboxylic acids is 1. The molecule has 1 amide bonds. The molecule has 1 aliphatic rings. The highest BCUT2D eigenvalue weighted by Crippen LogP contribution is 2.37. The van der Waals surface area contributed by atoms with Crippen LogP contribution in [0.15, 0.2) is 88.9 Å². The molecule has 0 unspecified atom stereocenters. The fourth-order valence-electron chi connectivity index (χ4n) is 4.93. The van der Waals surface area contributed by atoms with Crippen molar-refractivity contribution in [2.45, 2.75) is 57.9 Å². The standard InChI is InChI=1S/C31H37N3O4S/c1-31(2,3)24-14-16-25(17-15-24)32-33-30(35)28-12-8-9-13-29(28)34(22-23-10-6-5-7-11-23)39(36,37)27-20-18-26(38-4)19-21-27/h5-13,18-21,24H,14-17,22H2,1-4H3,(H,33,35). The number of hydrogen-bond acceptors (Lipinski definition) is 5. The lowest BCUT2D eigenvalue weighted by Gasteiger charge is -2.34. The van der Waals surface area contributed by atoms with E-state index in [1.54, 1.807) is 36.4 Å². The summed E-state index contributed by atoms with van der Waals surface area (Å²) in [6.45, 7) is 6.85. The zero-order chi connectivity index (χ0) is 28.0. The summed E-state index contributed by atoms with van der Waals surface area (Å²) >= 11 is 0. The number of sulfonamides is 1. The fraction of sp³-hybridized carbons (Fsp3) is 0.355. The van der Waals surface area contributed by atoms with Crippen molar-refractivity contribution >= 4 is 27.3 Å². The molecule has 7 nitrogen and oxygen atoms in total. The zero-order valence-corrected chi connectivity index (χ0v) is 23.9. The van der Waals surface area contributed by atoms with Crippen LogP contribution < -0.4 is 14.5 Å². The molecule has 206 valence electrons. The molecule has 3 aromatic rings. The summed E-state index contributed by atoms with van der Waals surface area (Å²) in [4.78, 5) is 13.5. The quantitative estimate of drug-likeness (QED) is 0.330. The number of para-hydroxylation sites is 1. The minimum Gasteiger partial charge on any atom is -0.497 e. The predicted octanol–water partition coefficient (Wildman–Crippen LogP) is 6.41. The number of hydrazone groups is 1. The second-order valence-corrected chi connectivity index (χ2v) is 12.8. The number of ether oxygens (including phenoxy) is 1. The molecule has 0 spiro atoms. The summed E-state index contributed by atoms with van der Waals surface area (Å²) < 4.78 is 34.4. The lowest BCUT2D eigenvalue weighted by atomic mass is 9.72. The number of hydrogen-bond donors (Lipinski definition) is 1. The van der Waals surface area contributed by atoms with E-state index in [1.165, 1.54) is 23.5 Å². The first-order valence-electron chi connectivity index (χ1n) is 13.2. The summed E-state index contributed by atoms with van der Waals surface area (Å²) in [6.07, 6.45) is 3.77. The molecule has 1 saturated carbocycles. The van der Waals surface area contributed by atoms with Crippen molar-refractivity contribution < 1.29 is 17.9 Å². The molecule has 0 aromatic heterocycles. The highest BCUT2D eigenvalue weighted by atomic mass is 32.2. The van der Waals surface area contributed by atoms with Crippen molar-refractivity contribution in [1.82, 2.24) is 5.43 Å². The maximum atomic E-state index is 14.0. The normalized spacial score (nSPS) is 15.9. The third-order valence-corrected chi connectivity index (χ3v) is 9.11. The highest BCUT2D eigenvalue weighted by Gasteiger charge is 2.30. The van der Waals surface area contributed by atoms with Gasteiger partial charge >= 0.3 is 0 Å². The van der Waals surface area contributed by atoms with Crippen LogP contribution >= 0.6 is 0 Å². The number of nitrogens with zero attached hydrogens (tertiary/aromatic N) is 2. The molecule has 4 rings (SSSR count). The van der Waals surface area contributed by atoms with Crippen LogP contribution in [0.1, 0.15) is 62.4 Å². The van der Waals surface area contributed by atoms with Gasteiger partial charge in [0.25, 0.3) is 15.9 Å². The van der Waals surface area contributed by atoms with Crippen LogP contribution in [-0.2, 0) is 16.6 Å². The number of nitrogens with one attached hydrogen (secondary N) is 1. The Kier molecular flexibility index (Phi) is 8.75. The Balaban J connectivity index is 1.64. The molecule has 0 heterocycles. The first kappa shape index (κ1) is 28.4. The van der Waals surface area contributed by atoms with Gasteiger partial charge < -0.3 is 4.74 Å². The Morgan fingerprint density at radius 1 is 0.949 bits per heavy atom. The van der Waals surface area contributed by atoms with E-state index in [1.807, 2.05) is 30.3 Å². The number of anilines is 1. The van der Waals surface area contributed by atoms with E-state index in [0.29, 0.717) is 11.7 Å². The Morgan fingerprint density at radius 3 is 2.18 bits per heavy atom. The van der Waals surface area contributed by atoms with E-state index in [2.05, 4.69) is 31.3 Å². The minimum atomic E-state index is -4.03. The SMILES string of the molecule is COc1ccc(S(=O)(=O)N(Cc2ccccc2)c2ccccc2C(=O)NN=C2CCC(C(C)(C)C)CC2)cc1. The zero-order valence-electron chi connectivity index (χ0n) is 23.1. The molecule has 3 aromatic carbocycles. The van der Waals surface area contributed by atoms with Crippen LogP contribution in [0.25, 0.3) is 0 Å². The van der Waals surface area contributed by atoms with E-state index in [-0.39, 0.29) is 28.1 Å². The van der Waals surface area contributed by atoms with Crippen molar-refractivity contribution in [3.63, 3.8) is 0 Å². The van der Waals surface area contributed by atoms with Crippen molar-refractivity contribution in [2.75, 3.05) is 11.4 Å². The van der Waals surface area contributed by atoms with Crippen LogP contribution in [0, 0.1) is 11.3 Å². The molecule has 0 atom stereocenters. The monoisotopic (exact) mass is 547 g/mol. The molecular weight excluding hydrogens is 510 g/mol. The van der Waals surface area contributed by atoms with E-state index in [0.717, 1.165) is 37.0 Å². The largest absolute Gasteiger partial charge is 0.497 e. The topological polar surface area (TPSA) is 88.1 Å². The van der Waals surface area contributed by atoms with Gasteiger partial charge in [0.15, 0.2) is 0 Å². The maximum absolute atomic E-state index is 14.0. The van der Waals surface area contributed by atoms with Crippen LogP contribution in [0.3, 0.4) is 0 Å². The fourth-order valence-corrected chi connectivity index (χ4v) is 6.40. The molecule has 8 heteroatoms. The Bertz CT molecular complexity index is 1400. The summed E-state index contributed by atoms with van der Waals surface area (Å²) in [7, 11) is -2.50. The van der Waals surface area contributed by atoms with Crippen LogP contribution in [0.5, 0.6) is 5.75 Å². The molecule has 0 saturated heterocycles. The third-order valence-electron chi connectivity index (χ3n) is 7.34. The number of carbonyl (C=O) groups is 1. The molecule has 1 aliphatic carbocycles. The van der Waals surface area contributed by atoms with E-state index in [4.69, 9.17) is 4.74 Å². The van der Waals surface area contributed by atoms with Gasteiger partial charge in [-0.05, 0) is 79.0 Å². The summed E-state index contributed by atoms with van der Waals surface area (Å²) in [5, 5.41) is 4.44. The van der Waals surface area contributed by atoms with E-state index in [9.17, 15) is 13.2 Å². The average Bonchev–Trinajstić information content (AvgIpc) is 2.95. The minimum absolute atomic E-state index is 0.0577. The molecule has 0 aliphatic heterocycles. The Hall–Kier alpha value is -3.65. The van der Waals surface area contributed by atoms with Gasteiger partial charge in [0.05, 0.1) is 29.8 Å². The lowest BCUT2D eigenvalue weighted by Crippen LogP contribution is -2.33. The van der Waals surface area contributed by atoms with Gasteiger partial charge in [0, 0.05) is 5.71 Å². The van der Waals surface area contributed by atoms with Crippen molar-refractivity contribution in [2.24, 2.45) is 16.4 Å². The van der Waals surface area contributed by atoms with E-state index < -0.39 is 15.9 Å². The first-order valence-corrected chi connectivity index (χ1v) is 14.7. The average molecular weight is 548 g/mol. The molecule has 1 fully saturated rings. The van der Waals surface area contributed by atoms with Gasteiger partial charge in [-0.1, -0.05) is 63.2 Å². The van der Waals surface area contributed by atoms with Gasteiger partial charge in [0.1, 0.15) is 5.75 Å². The number of rotatable bonds is 8. The van der Waals surface area contributed by atoms with Gasteiger partial charge in [-0.15, -0.1) is 0 Å². The highest BCUT2D eigenvalue weighted by molar-refractivity contribution is 7.92. The van der Waals surface area contributed by atoms with Crippen molar-refractivity contribution in [1.29, 1.82) is 0 Å². The van der Waals surface area contributed by atoms with E-state index >= 15 is 0 Å². The summed E-state index contributed by atoms with van der Waals surface area (Å²) in [6, 6.07) is 22.3. The molecular formula is C31H37N3O4S. The number of benzene rings is 3. The second-order valence-electron chi connectivity index (χ2n) is 10.9. The predicted molar refractivity (Wildman–Crippen MR) is 156 cm³/mol. The lowest BCUT2D eigenvalue weighted by molar-refractivity contribution is 0.0955. The summed E-state index contributed by atoms with van der Waals surface area (Å²) in [5.41, 5.74) is 5.23. The van der Waals surface area contributed by atoms with Crippen molar-refractivity contribution in [3.8, 4) is 5.75 Å².